The monoisotopic (exact) mass is 306 g/mol. The van der Waals surface area contributed by atoms with E-state index in [1.54, 1.807) is 0 Å². The number of amides is 1. The van der Waals surface area contributed by atoms with E-state index in [-0.39, 0.29) is 31.5 Å². The zero-order valence-corrected chi connectivity index (χ0v) is 10.8. The van der Waals surface area contributed by atoms with Crippen LogP contribution in [-0.2, 0) is 4.79 Å². The van der Waals surface area contributed by atoms with Gasteiger partial charge in [-0.3, -0.25) is 4.79 Å². The SMILES string of the molecule is CC1CCN(C(=O)C(C(F)(F)F)C(F)(F)F)CC1CN. The van der Waals surface area contributed by atoms with Crippen LogP contribution < -0.4 is 5.73 Å². The lowest BCUT2D eigenvalue weighted by Gasteiger charge is -2.38. The second-order valence-corrected chi connectivity index (χ2v) is 5.06. The van der Waals surface area contributed by atoms with E-state index < -0.39 is 24.2 Å². The summed E-state index contributed by atoms with van der Waals surface area (Å²) in [4.78, 5) is 12.2. The fourth-order valence-corrected chi connectivity index (χ4v) is 2.30. The molecule has 1 amide bonds. The normalized spacial score (nSPS) is 25.1. The lowest BCUT2D eigenvalue weighted by Crippen LogP contribution is -2.53. The number of carbonyl (C=O) groups excluding carboxylic acids is 1. The van der Waals surface area contributed by atoms with Crippen molar-refractivity contribution in [3.8, 4) is 0 Å². The number of nitrogens with two attached hydrogens (primary N) is 1. The van der Waals surface area contributed by atoms with Gasteiger partial charge in [0, 0.05) is 13.1 Å². The van der Waals surface area contributed by atoms with Gasteiger partial charge in [-0.15, -0.1) is 0 Å². The number of hydrogen-bond acceptors (Lipinski definition) is 2. The minimum Gasteiger partial charge on any atom is -0.342 e. The van der Waals surface area contributed by atoms with Gasteiger partial charge in [0.25, 0.3) is 0 Å². The van der Waals surface area contributed by atoms with E-state index in [1.165, 1.54) is 0 Å². The molecule has 0 spiro atoms. The second-order valence-electron chi connectivity index (χ2n) is 5.06. The lowest BCUT2D eigenvalue weighted by atomic mass is 9.86. The summed E-state index contributed by atoms with van der Waals surface area (Å²) in [6, 6.07) is 0. The first-order valence-corrected chi connectivity index (χ1v) is 6.10. The Morgan fingerprint density at radius 1 is 1.25 bits per heavy atom. The van der Waals surface area contributed by atoms with E-state index in [0.717, 1.165) is 0 Å². The molecule has 0 aliphatic carbocycles. The summed E-state index contributed by atoms with van der Waals surface area (Å²) in [5.74, 6) is -6.11. The Labute approximate surface area is 112 Å². The molecule has 1 heterocycles. The summed E-state index contributed by atoms with van der Waals surface area (Å²) in [6.45, 7) is 1.65. The van der Waals surface area contributed by atoms with Gasteiger partial charge in [0.1, 0.15) is 0 Å². The van der Waals surface area contributed by atoms with Gasteiger partial charge in [0.05, 0.1) is 0 Å². The molecule has 1 saturated heterocycles. The molecule has 1 fully saturated rings. The number of halogens is 6. The molecular weight excluding hydrogens is 290 g/mol. The van der Waals surface area contributed by atoms with Gasteiger partial charge >= 0.3 is 12.4 Å². The minimum absolute atomic E-state index is 0.0688. The maximum atomic E-state index is 12.5. The third-order valence-electron chi connectivity index (χ3n) is 3.63. The van der Waals surface area contributed by atoms with Gasteiger partial charge in [-0.25, -0.2) is 0 Å². The second kappa shape index (κ2) is 5.79. The molecule has 1 aliphatic heterocycles. The number of hydrogen-bond donors (Lipinski definition) is 1. The Morgan fingerprint density at radius 3 is 2.15 bits per heavy atom. The molecule has 1 rings (SSSR count). The van der Waals surface area contributed by atoms with E-state index in [9.17, 15) is 31.1 Å². The lowest BCUT2D eigenvalue weighted by molar-refractivity contribution is -0.278. The molecule has 0 aromatic rings. The number of alkyl halides is 6. The van der Waals surface area contributed by atoms with Crippen molar-refractivity contribution in [1.29, 1.82) is 0 Å². The van der Waals surface area contributed by atoms with Crippen LogP contribution in [0.5, 0.6) is 0 Å². The van der Waals surface area contributed by atoms with Crippen molar-refractivity contribution in [2.24, 2.45) is 23.5 Å². The molecule has 0 aromatic carbocycles. The smallest absolute Gasteiger partial charge is 0.342 e. The van der Waals surface area contributed by atoms with Crippen molar-refractivity contribution in [1.82, 2.24) is 4.90 Å². The molecule has 1 aliphatic rings. The van der Waals surface area contributed by atoms with E-state index >= 15 is 0 Å². The number of piperidine rings is 1. The zero-order valence-electron chi connectivity index (χ0n) is 10.8. The number of rotatable bonds is 2. The molecule has 20 heavy (non-hydrogen) atoms. The van der Waals surface area contributed by atoms with Gasteiger partial charge in [-0.05, 0) is 24.8 Å². The Kier molecular flexibility index (Phi) is 4.94. The molecule has 118 valence electrons. The predicted molar refractivity (Wildman–Crippen MR) is 58.5 cm³/mol. The quantitative estimate of drug-likeness (QED) is 0.795. The van der Waals surface area contributed by atoms with Crippen molar-refractivity contribution < 1.29 is 31.1 Å². The van der Waals surface area contributed by atoms with Crippen LogP contribution in [-0.4, -0.2) is 42.8 Å². The van der Waals surface area contributed by atoms with Crippen molar-refractivity contribution in [2.75, 3.05) is 19.6 Å². The van der Waals surface area contributed by atoms with Crippen molar-refractivity contribution in [2.45, 2.75) is 25.7 Å². The third kappa shape index (κ3) is 3.77. The Hall–Kier alpha value is -0.990. The van der Waals surface area contributed by atoms with Crippen molar-refractivity contribution >= 4 is 5.91 Å². The van der Waals surface area contributed by atoms with E-state index in [2.05, 4.69) is 0 Å². The maximum absolute atomic E-state index is 12.5. The first-order valence-electron chi connectivity index (χ1n) is 6.10. The molecular formula is C11H16F6N2O. The Balaban J connectivity index is 2.91. The number of nitrogens with zero attached hydrogens (tertiary/aromatic N) is 1. The summed E-state index contributed by atoms with van der Waals surface area (Å²) >= 11 is 0. The fraction of sp³-hybridized carbons (Fsp3) is 0.909. The van der Waals surface area contributed by atoms with Crippen molar-refractivity contribution in [3.05, 3.63) is 0 Å². The molecule has 0 bridgehead atoms. The standard InChI is InChI=1S/C11H16F6N2O/c1-6-2-3-19(5-7(6)4-18)9(20)8(10(12,13)14)11(15,16)17/h6-8H,2-5,18H2,1H3. The zero-order chi connectivity index (χ0) is 15.7. The summed E-state index contributed by atoms with van der Waals surface area (Å²) in [5, 5.41) is 0. The van der Waals surface area contributed by atoms with Crippen LogP contribution in [0, 0.1) is 17.8 Å². The van der Waals surface area contributed by atoms with Crippen LogP contribution in [0.25, 0.3) is 0 Å². The van der Waals surface area contributed by atoms with E-state index in [0.29, 0.717) is 11.3 Å². The van der Waals surface area contributed by atoms with Crippen LogP contribution in [0.3, 0.4) is 0 Å². The molecule has 0 aromatic heterocycles. The summed E-state index contributed by atoms with van der Waals surface area (Å²) in [6.07, 6.45) is -10.9. The van der Waals surface area contributed by atoms with Crippen molar-refractivity contribution in [3.63, 3.8) is 0 Å². The fourth-order valence-electron chi connectivity index (χ4n) is 2.30. The van der Waals surface area contributed by atoms with Gasteiger partial charge in [0.2, 0.25) is 11.8 Å². The molecule has 0 saturated carbocycles. The first-order chi connectivity index (χ1) is 8.98. The highest BCUT2D eigenvalue weighted by atomic mass is 19.4. The summed E-state index contributed by atoms with van der Waals surface area (Å²) < 4.78 is 74.9. The van der Waals surface area contributed by atoms with Crippen LogP contribution >= 0.6 is 0 Å². The van der Waals surface area contributed by atoms with Crippen LogP contribution in [0.2, 0.25) is 0 Å². The molecule has 0 radical (unpaired) electrons. The summed E-state index contributed by atoms with van der Waals surface area (Å²) in [7, 11) is 0. The predicted octanol–water partition coefficient (Wildman–Crippen LogP) is 2.17. The van der Waals surface area contributed by atoms with Crippen LogP contribution in [0.4, 0.5) is 26.3 Å². The number of carbonyl (C=O) groups is 1. The van der Waals surface area contributed by atoms with Crippen LogP contribution in [0.1, 0.15) is 13.3 Å². The highest BCUT2D eigenvalue weighted by Gasteiger charge is 2.62. The third-order valence-corrected chi connectivity index (χ3v) is 3.63. The largest absolute Gasteiger partial charge is 0.409 e. The summed E-state index contributed by atoms with van der Waals surface area (Å²) in [5.41, 5.74) is 5.42. The first kappa shape index (κ1) is 17.1. The topological polar surface area (TPSA) is 46.3 Å². The van der Waals surface area contributed by atoms with Gasteiger partial charge < -0.3 is 10.6 Å². The highest BCUT2D eigenvalue weighted by Crippen LogP contribution is 2.41. The Morgan fingerprint density at radius 2 is 1.75 bits per heavy atom. The molecule has 3 nitrogen and oxygen atoms in total. The molecule has 2 unspecified atom stereocenters. The van der Waals surface area contributed by atoms with Gasteiger partial charge in [-0.1, -0.05) is 6.92 Å². The molecule has 2 atom stereocenters. The molecule has 9 heteroatoms. The van der Waals surface area contributed by atoms with Gasteiger partial charge in [0.15, 0.2) is 0 Å². The average molecular weight is 306 g/mol. The van der Waals surface area contributed by atoms with Gasteiger partial charge in [-0.2, -0.15) is 26.3 Å². The van der Waals surface area contributed by atoms with Crippen LogP contribution in [0.15, 0.2) is 0 Å². The average Bonchev–Trinajstić information content (AvgIpc) is 2.25. The maximum Gasteiger partial charge on any atom is 0.409 e. The highest BCUT2D eigenvalue weighted by molar-refractivity contribution is 5.80. The Bertz CT molecular complexity index is 340. The van der Waals surface area contributed by atoms with E-state index in [1.807, 2.05) is 6.92 Å². The number of likely N-dealkylation sites (tertiary alicyclic amines) is 1. The molecule has 2 N–H and O–H groups in total. The van der Waals surface area contributed by atoms with E-state index in [4.69, 9.17) is 5.73 Å². The minimum atomic E-state index is -5.64.